The van der Waals surface area contributed by atoms with Crippen molar-refractivity contribution in [1.29, 1.82) is 0 Å². The summed E-state index contributed by atoms with van der Waals surface area (Å²) >= 11 is 0. The van der Waals surface area contributed by atoms with E-state index in [-0.39, 0.29) is 11.9 Å². The summed E-state index contributed by atoms with van der Waals surface area (Å²) in [5.74, 6) is 1.60. The summed E-state index contributed by atoms with van der Waals surface area (Å²) in [7, 11) is 0.396. The molecule has 2 atom stereocenters. The van der Waals surface area contributed by atoms with Gasteiger partial charge < -0.3 is 19.0 Å². The van der Waals surface area contributed by atoms with Crippen LogP contribution in [0.25, 0.3) is 11.8 Å². The molecule has 0 saturated carbocycles. The quantitative estimate of drug-likeness (QED) is 0.510. The smallest absolute Gasteiger partial charge is 0.171 e. The van der Waals surface area contributed by atoms with Crippen molar-refractivity contribution in [2.24, 2.45) is 5.16 Å². The first-order valence-corrected chi connectivity index (χ1v) is 12.8. The summed E-state index contributed by atoms with van der Waals surface area (Å²) in [5, 5.41) is 4.36. The number of hydrogen-bond donors (Lipinski definition) is 0. The molecule has 0 radical (unpaired) electrons. The zero-order valence-electron chi connectivity index (χ0n) is 19.7. The van der Waals surface area contributed by atoms with Crippen molar-refractivity contribution in [1.82, 2.24) is 14.5 Å². The molecule has 0 aliphatic carbocycles. The standard InChI is InChI=1S/C26H27FN4O3S/c1-18-14-30(17-28-18)24-10-5-19(13-25(24)33-2)12-20-4-3-11-31-22(15-34-29-26(20)31)16-35(32)23-8-6-21(27)7-9-23/h5-10,12-14,17,22H,3-4,11,15-16H2,1-2H3/b20-12+. The SMILES string of the molecule is COc1cc(/C=C2\CCCN3C2=NOCC3CS(=O)c2ccc(F)cc2)ccc1-n1cnc(C)c1. The number of imidazole rings is 1. The zero-order valence-corrected chi connectivity index (χ0v) is 20.5. The van der Waals surface area contributed by atoms with Crippen molar-refractivity contribution < 1.29 is 18.2 Å². The van der Waals surface area contributed by atoms with Gasteiger partial charge in [-0.1, -0.05) is 11.2 Å². The minimum Gasteiger partial charge on any atom is -0.495 e. The topological polar surface area (TPSA) is 69.0 Å². The van der Waals surface area contributed by atoms with Gasteiger partial charge in [-0.25, -0.2) is 9.37 Å². The maximum atomic E-state index is 13.2. The van der Waals surface area contributed by atoms with Crippen LogP contribution in [0.5, 0.6) is 5.75 Å². The third-order valence-corrected chi connectivity index (χ3v) is 7.70. The normalized spacial score (nSPS) is 19.6. The second-order valence-electron chi connectivity index (χ2n) is 8.65. The Morgan fingerprint density at radius 1 is 1.26 bits per heavy atom. The minimum atomic E-state index is -1.26. The minimum absolute atomic E-state index is 0.0709. The fraction of sp³-hybridized carbons (Fsp3) is 0.308. The molecule has 0 amide bonds. The molecule has 1 fully saturated rings. The number of rotatable bonds is 6. The number of benzene rings is 2. The van der Waals surface area contributed by atoms with Crippen molar-refractivity contribution >= 4 is 22.7 Å². The maximum Gasteiger partial charge on any atom is 0.171 e. The molecule has 7 nitrogen and oxygen atoms in total. The largest absolute Gasteiger partial charge is 0.495 e. The molecule has 2 aliphatic heterocycles. The van der Waals surface area contributed by atoms with Crippen LogP contribution in [0.4, 0.5) is 4.39 Å². The van der Waals surface area contributed by atoms with Gasteiger partial charge in [-0.2, -0.15) is 0 Å². The van der Waals surface area contributed by atoms with Gasteiger partial charge in [-0.3, -0.25) is 4.21 Å². The Hall–Kier alpha value is -3.46. The van der Waals surface area contributed by atoms with Crippen LogP contribution in [-0.2, 0) is 15.6 Å². The number of piperidine rings is 1. The molecule has 1 saturated heterocycles. The Morgan fingerprint density at radius 2 is 2.09 bits per heavy atom. The van der Waals surface area contributed by atoms with Gasteiger partial charge in [0.2, 0.25) is 0 Å². The van der Waals surface area contributed by atoms with Crippen LogP contribution in [0.1, 0.15) is 24.1 Å². The van der Waals surface area contributed by atoms with E-state index in [2.05, 4.69) is 21.1 Å². The Balaban J connectivity index is 1.37. The van der Waals surface area contributed by atoms with Crippen LogP contribution >= 0.6 is 0 Å². The monoisotopic (exact) mass is 494 g/mol. The number of halogens is 1. The molecular weight excluding hydrogens is 467 g/mol. The van der Waals surface area contributed by atoms with Gasteiger partial charge in [0.15, 0.2) is 5.84 Å². The summed E-state index contributed by atoms with van der Waals surface area (Å²) < 4.78 is 33.8. The predicted molar refractivity (Wildman–Crippen MR) is 134 cm³/mol. The maximum absolute atomic E-state index is 13.2. The molecule has 5 rings (SSSR count). The van der Waals surface area contributed by atoms with E-state index < -0.39 is 10.8 Å². The van der Waals surface area contributed by atoms with Crippen LogP contribution in [0.3, 0.4) is 0 Å². The molecular formula is C26H27FN4O3S. The first kappa shape index (κ1) is 23.3. The summed E-state index contributed by atoms with van der Waals surface area (Å²) in [6.45, 7) is 3.15. The fourth-order valence-corrected chi connectivity index (χ4v) is 5.72. The lowest BCUT2D eigenvalue weighted by atomic mass is 9.98. The Kier molecular flexibility index (Phi) is 6.68. The molecule has 0 N–H and O–H groups in total. The summed E-state index contributed by atoms with van der Waals surface area (Å²) in [6, 6.07) is 11.8. The van der Waals surface area contributed by atoms with Gasteiger partial charge in [-0.05, 0) is 73.4 Å². The van der Waals surface area contributed by atoms with Crippen molar-refractivity contribution in [3.05, 3.63) is 77.6 Å². The zero-order chi connectivity index (χ0) is 24.4. The lowest BCUT2D eigenvalue weighted by Crippen LogP contribution is -2.51. The van der Waals surface area contributed by atoms with Gasteiger partial charge in [0, 0.05) is 17.6 Å². The molecule has 182 valence electrons. The Bertz CT molecular complexity index is 1300. The van der Waals surface area contributed by atoms with Gasteiger partial charge in [-0.15, -0.1) is 0 Å². The van der Waals surface area contributed by atoms with Crippen LogP contribution in [0.15, 0.2) is 70.6 Å². The lowest BCUT2D eigenvalue weighted by Gasteiger charge is -2.39. The molecule has 2 unspecified atom stereocenters. The molecule has 3 aromatic rings. The fourth-order valence-electron chi connectivity index (χ4n) is 4.47. The van der Waals surface area contributed by atoms with Crippen molar-refractivity contribution in [3.63, 3.8) is 0 Å². The third kappa shape index (κ3) is 5.00. The van der Waals surface area contributed by atoms with E-state index in [4.69, 9.17) is 9.57 Å². The predicted octanol–water partition coefficient (Wildman–Crippen LogP) is 4.33. The highest BCUT2D eigenvalue weighted by Gasteiger charge is 2.33. The lowest BCUT2D eigenvalue weighted by molar-refractivity contribution is 0.0662. The van der Waals surface area contributed by atoms with E-state index in [1.54, 1.807) is 25.6 Å². The molecule has 9 heteroatoms. The molecule has 2 aromatic carbocycles. The highest BCUT2D eigenvalue weighted by Crippen LogP contribution is 2.30. The average Bonchev–Trinajstić information content (AvgIpc) is 3.31. The van der Waals surface area contributed by atoms with Crippen LogP contribution in [-0.4, -0.2) is 56.6 Å². The number of hydrogen-bond acceptors (Lipinski definition) is 6. The Labute approximate surface area is 206 Å². The molecule has 0 bridgehead atoms. The van der Waals surface area contributed by atoms with E-state index in [1.165, 1.54) is 12.1 Å². The van der Waals surface area contributed by atoms with Crippen LogP contribution in [0, 0.1) is 12.7 Å². The first-order valence-electron chi connectivity index (χ1n) is 11.5. The molecule has 3 heterocycles. The number of oxime groups is 1. The van der Waals surface area contributed by atoms with E-state index in [1.807, 2.05) is 35.9 Å². The van der Waals surface area contributed by atoms with Gasteiger partial charge in [0.1, 0.15) is 18.2 Å². The van der Waals surface area contributed by atoms with Gasteiger partial charge in [0.05, 0.1) is 47.4 Å². The number of fused-ring (bicyclic) bond motifs is 1. The van der Waals surface area contributed by atoms with Crippen molar-refractivity contribution in [2.45, 2.75) is 30.7 Å². The molecule has 35 heavy (non-hydrogen) atoms. The molecule has 1 aromatic heterocycles. The number of nitrogens with zero attached hydrogens (tertiary/aromatic N) is 4. The number of methoxy groups -OCH3 is 1. The van der Waals surface area contributed by atoms with E-state index in [0.29, 0.717) is 17.3 Å². The van der Waals surface area contributed by atoms with E-state index in [0.717, 1.165) is 53.5 Å². The average molecular weight is 495 g/mol. The van der Waals surface area contributed by atoms with Crippen molar-refractivity contribution in [3.8, 4) is 11.4 Å². The second kappa shape index (κ2) is 10.0. The van der Waals surface area contributed by atoms with Gasteiger partial charge >= 0.3 is 0 Å². The Morgan fingerprint density at radius 3 is 2.83 bits per heavy atom. The number of amidine groups is 1. The number of aromatic nitrogens is 2. The van der Waals surface area contributed by atoms with Crippen LogP contribution < -0.4 is 4.74 Å². The summed E-state index contributed by atoms with van der Waals surface area (Å²) in [6.07, 6.45) is 7.68. The number of ether oxygens (including phenoxy) is 1. The van der Waals surface area contributed by atoms with Crippen LogP contribution in [0.2, 0.25) is 0 Å². The van der Waals surface area contributed by atoms with Gasteiger partial charge in [0.25, 0.3) is 0 Å². The van der Waals surface area contributed by atoms with E-state index in [9.17, 15) is 8.60 Å². The first-order chi connectivity index (χ1) is 17.0. The number of aryl methyl sites for hydroxylation is 1. The van der Waals surface area contributed by atoms with Crippen molar-refractivity contribution in [2.75, 3.05) is 26.0 Å². The second-order valence-corrected chi connectivity index (χ2v) is 10.1. The summed E-state index contributed by atoms with van der Waals surface area (Å²) in [4.78, 5) is 12.7. The third-order valence-electron chi connectivity index (χ3n) is 6.22. The van der Waals surface area contributed by atoms with E-state index >= 15 is 0 Å². The summed E-state index contributed by atoms with van der Waals surface area (Å²) in [5.41, 5.74) is 3.92. The molecule has 0 spiro atoms. The molecule has 2 aliphatic rings. The highest BCUT2D eigenvalue weighted by atomic mass is 32.2. The highest BCUT2D eigenvalue weighted by molar-refractivity contribution is 7.85.